The highest BCUT2D eigenvalue weighted by molar-refractivity contribution is 5.97. The maximum absolute atomic E-state index is 13.0. The first-order valence-electron chi connectivity index (χ1n) is 8.69. The molecule has 5 nitrogen and oxygen atoms in total. The summed E-state index contributed by atoms with van der Waals surface area (Å²) >= 11 is 0. The van der Waals surface area contributed by atoms with Crippen molar-refractivity contribution in [3.8, 4) is 0 Å². The van der Waals surface area contributed by atoms with Gasteiger partial charge >= 0.3 is 6.18 Å². The predicted molar refractivity (Wildman–Crippen MR) is 100 cm³/mol. The van der Waals surface area contributed by atoms with Crippen LogP contribution in [0.3, 0.4) is 0 Å². The molecule has 1 atom stereocenters. The van der Waals surface area contributed by atoms with Gasteiger partial charge in [-0.1, -0.05) is 43.7 Å². The first-order valence-corrected chi connectivity index (χ1v) is 8.69. The molecule has 0 aromatic heterocycles. The van der Waals surface area contributed by atoms with Gasteiger partial charge in [-0.15, -0.1) is 0 Å². The number of hydrogen-bond acceptors (Lipinski definition) is 3. The summed E-state index contributed by atoms with van der Waals surface area (Å²) in [5.74, 6) is -1.37. The van der Waals surface area contributed by atoms with Crippen LogP contribution in [0.2, 0.25) is 0 Å². The minimum atomic E-state index is -4.56. The first-order chi connectivity index (χ1) is 13.1. The fourth-order valence-electron chi connectivity index (χ4n) is 2.51. The zero-order valence-corrected chi connectivity index (χ0v) is 15.7. The average molecular weight is 393 g/mol. The Bertz CT molecular complexity index is 833. The van der Waals surface area contributed by atoms with Crippen LogP contribution in [0.1, 0.15) is 35.3 Å². The Morgan fingerprint density at radius 2 is 1.57 bits per heavy atom. The second kappa shape index (κ2) is 8.77. The third-order valence-electron chi connectivity index (χ3n) is 4.10. The summed E-state index contributed by atoms with van der Waals surface area (Å²) in [5, 5.41) is 2.62. The molecule has 150 valence electrons. The van der Waals surface area contributed by atoms with Crippen LogP contribution in [0.15, 0.2) is 48.5 Å². The number of anilines is 1. The lowest BCUT2D eigenvalue weighted by Gasteiger charge is -2.23. The molecule has 0 heterocycles. The van der Waals surface area contributed by atoms with E-state index in [4.69, 9.17) is 0 Å². The maximum Gasteiger partial charge on any atom is 0.418 e. The molecule has 0 aliphatic rings. The third-order valence-corrected chi connectivity index (χ3v) is 4.10. The van der Waals surface area contributed by atoms with Crippen LogP contribution in [0.25, 0.3) is 0 Å². The van der Waals surface area contributed by atoms with Crippen LogP contribution in [0, 0.1) is 12.8 Å². The molecule has 2 aromatic carbocycles. The summed E-state index contributed by atoms with van der Waals surface area (Å²) in [7, 11) is 0. The van der Waals surface area contributed by atoms with Gasteiger partial charge < -0.3 is 5.32 Å². The van der Waals surface area contributed by atoms with Crippen molar-refractivity contribution in [3.63, 3.8) is 0 Å². The van der Waals surface area contributed by atoms with E-state index in [1.165, 1.54) is 18.2 Å². The number of aryl methyl sites for hydroxylation is 1. The molecule has 0 aliphatic heterocycles. The highest BCUT2D eigenvalue weighted by Crippen LogP contribution is 2.34. The van der Waals surface area contributed by atoms with Gasteiger partial charge in [0.25, 0.3) is 11.8 Å². The summed E-state index contributed by atoms with van der Waals surface area (Å²) in [6.45, 7) is 5.34. The van der Waals surface area contributed by atoms with E-state index >= 15 is 0 Å². The number of amides is 2. The number of alkyl halides is 3. The van der Waals surface area contributed by atoms with Crippen LogP contribution in [0.4, 0.5) is 18.9 Å². The second-order valence-electron chi connectivity index (χ2n) is 6.72. The van der Waals surface area contributed by atoms with Crippen LogP contribution in [-0.4, -0.2) is 17.9 Å². The molecule has 0 bridgehead atoms. The number of hydrogen-bond donors (Lipinski definition) is 3. The fraction of sp³-hybridized carbons (Fsp3) is 0.300. The van der Waals surface area contributed by atoms with E-state index in [2.05, 4.69) is 16.2 Å². The SMILES string of the molecule is Cc1ccc(C(=O)N[C@H](C(=O)NNc2ccccc2C(F)(F)F)C(C)C)cc1. The Balaban J connectivity index is 2.08. The Hall–Kier alpha value is -3.03. The van der Waals surface area contributed by atoms with E-state index < -0.39 is 29.6 Å². The van der Waals surface area contributed by atoms with Gasteiger partial charge in [0.15, 0.2) is 0 Å². The van der Waals surface area contributed by atoms with Gasteiger partial charge in [0.1, 0.15) is 6.04 Å². The van der Waals surface area contributed by atoms with Crippen molar-refractivity contribution >= 4 is 17.5 Å². The van der Waals surface area contributed by atoms with E-state index in [0.717, 1.165) is 11.6 Å². The number of benzene rings is 2. The molecular weight excluding hydrogens is 371 g/mol. The van der Waals surface area contributed by atoms with Crippen molar-refractivity contribution in [1.29, 1.82) is 0 Å². The third kappa shape index (κ3) is 5.48. The number of carbonyl (C=O) groups excluding carboxylic acids is 2. The van der Waals surface area contributed by atoms with Crippen molar-refractivity contribution in [3.05, 3.63) is 65.2 Å². The zero-order chi connectivity index (χ0) is 20.9. The smallest absolute Gasteiger partial charge is 0.340 e. The highest BCUT2D eigenvalue weighted by Gasteiger charge is 2.33. The number of para-hydroxylation sites is 1. The zero-order valence-electron chi connectivity index (χ0n) is 15.7. The van der Waals surface area contributed by atoms with Crippen LogP contribution in [-0.2, 0) is 11.0 Å². The Morgan fingerprint density at radius 1 is 0.964 bits per heavy atom. The molecule has 0 aliphatic carbocycles. The lowest BCUT2D eigenvalue weighted by molar-refractivity contribution is -0.137. The van der Waals surface area contributed by atoms with E-state index in [0.29, 0.717) is 5.56 Å². The molecule has 0 spiro atoms. The lowest BCUT2D eigenvalue weighted by atomic mass is 10.0. The van der Waals surface area contributed by atoms with Crippen LogP contribution < -0.4 is 16.2 Å². The summed E-state index contributed by atoms with van der Waals surface area (Å²) in [6, 6.07) is 10.7. The van der Waals surface area contributed by atoms with Gasteiger partial charge in [-0.2, -0.15) is 13.2 Å². The van der Waals surface area contributed by atoms with E-state index in [1.807, 2.05) is 6.92 Å². The molecule has 2 amide bonds. The van der Waals surface area contributed by atoms with E-state index in [1.54, 1.807) is 38.1 Å². The molecule has 2 rings (SSSR count). The van der Waals surface area contributed by atoms with E-state index in [-0.39, 0.29) is 11.6 Å². The van der Waals surface area contributed by atoms with Crippen molar-refractivity contribution in [2.45, 2.75) is 33.0 Å². The first kappa shape index (κ1) is 21.3. The van der Waals surface area contributed by atoms with Crippen molar-refractivity contribution in [2.24, 2.45) is 5.92 Å². The lowest BCUT2D eigenvalue weighted by Crippen LogP contribution is -2.51. The van der Waals surface area contributed by atoms with Gasteiger partial charge in [0, 0.05) is 5.56 Å². The molecule has 0 saturated carbocycles. The molecule has 0 fully saturated rings. The molecule has 8 heteroatoms. The molecule has 0 saturated heterocycles. The number of rotatable bonds is 6. The van der Waals surface area contributed by atoms with Crippen LogP contribution >= 0.6 is 0 Å². The van der Waals surface area contributed by atoms with Gasteiger partial charge in [0.2, 0.25) is 0 Å². The summed E-state index contributed by atoms with van der Waals surface area (Å²) in [6.07, 6.45) is -4.56. The Kier molecular flexibility index (Phi) is 6.66. The molecule has 28 heavy (non-hydrogen) atoms. The molecule has 0 radical (unpaired) electrons. The minimum Gasteiger partial charge on any atom is -0.340 e. The van der Waals surface area contributed by atoms with Gasteiger partial charge in [-0.3, -0.25) is 20.4 Å². The van der Waals surface area contributed by atoms with Gasteiger partial charge in [-0.05, 0) is 37.1 Å². The fourth-order valence-corrected chi connectivity index (χ4v) is 2.51. The number of halogens is 3. The van der Waals surface area contributed by atoms with Crippen molar-refractivity contribution in [1.82, 2.24) is 10.7 Å². The number of carbonyl (C=O) groups is 2. The maximum atomic E-state index is 13.0. The normalized spacial score (nSPS) is 12.4. The van der Waals surface area contributed by atoms with Gasteiger partial charge in [-0.25, -0.2) is 0 Å². The second-order valence-corrected chi connectivity index (χ2v) is 6.72. The summed E-state index contributed by atoms with van der Waals surface area (Å²) < 4.78 is 39.1. The monoisotopic (exact) mass is 393 g/mol. The highest BCUT2D eigenvalue weighted by atomic mass is 19.4. The number of hydrazine groups is 1. The quantitative estimate of drug-likeness (QED) is 0.652. The molecule has 3 N–H and O–H groups in total. The van der Waals surface area contributed by atoms with Gasteiger partial charge in [0.05, 0.1) is 11.3 Å². The molecule has 0 unspecified atom stereocenters. The minimum absolute atomic E-state index is 0.282. The predicted octanol–water partition coefficient (Wildman–Crippen LogP) is 3.91. The average Bonchev–Trinajstić information content (AvgIpc) is 2.63. The Morgan fingerprint density at radius 3 is 2.14 bits per heavy atom. The van der Waals surface area contributed by atoms with Crippen molar-refractivity contribution < 1.29 is 22.8 Å². The standard InChI is InChI=1S/C20H22F3N3O2/c1-12(2)17(24-18(27)14-10-8-13(3)9-11-14)19(28)26-25-16-7-5-4-6-15(16)20(21,22)23/h4-12,17,25H,1-3H3,(H,24,27)(H,26,28)/t17-/m0/s1. The molecular formula is C20H22F3N3O2. The number of nitrogens with one attached hydrogen (secondary N) is 3. The largest absolute Gasteiger partial charge is 0.418 e. The van der Waals surface area contributed by atoms with Crippen molar-refractivity contribution in [2.75, 3.05) is 5.43 Å². The van der Waals surface area contributed by atoms with Crippen LogP contribution in [0.5, 0.6) is 0 Å². The Labute approximate surface area is 161 Å². The summed E-state index contributed by atoms with van der Waals surface area (Å²) in [4.78, 5) is 24.8. The van der Waals surface area contributed by atoms with E-state index in [9.17, 15) is 22.8 Å². The molecule has 2 aromatic rings. The topological polar surface area (TPSA) is 70.2 Å². The summed E-state index contributed by atoms with van der Waals surface area (Å²) in [5.41, 5.74) is 4.75.